The average molecular weight is 405 g/mol. The van der Waals surface area contributed by atoms with E-state index in [2.05, 4.69) is 27.1 Å². The Morgan fingerprint density at radius 3 is 2.61 bits per heavy atom. The van der Waals surface area contributed by atoms with E-state index in [0.717, 1.165) is 16.8 Å². The number of benzene rings is 2. The Morgan fingerprint density at radius 1 is 0.935 bits per heavy atom. The van der Waals surface area contributed by atoms with Crippen LogP contribution in [-0.2, 0) is 6.54 Å². The van der Waals surface area contributed by atoms with Gasteiger partial charge in [0.05, 0.1) is 23.1 Å². The second-order valence-corrected chi connectivity index (χ2v) is 7.15. The van der Waals surface area contributed by atoms with Crippen LogP contribution in [0.1, 0.15) is 17.1 Å². The molecule has 0 saturated carbocycles. The number of fused-ring (bicyclic) bond motifs is 1. The summed E-state index contributed by atoms with van der Waals surface area (Å²) in [6.07, 6.45) is 9.23. The van der Waals surface area contributed by atoms with Gasteiger partial charge in [-0.05, 0) is 35.9 Å². The average Bonchev–Trinajstić information content (AvgIpc) is 3.21. The zero-order chi connectivity index (χ0) is 21.0. The molecule has 0 bridgehead atoms. The van der Waals surface area contributed by atoms with Crippen molar-refractivity contribution in [1.82, 2.24) is 24.7 Å². The summed E-state index contributed by atoms with van der Waals surface area (Å²) in [7, 11) is 0. The first-order chi connectivity index (χ1) is 15.3. The predicted octanol–water partition coefficient (Wildman–Crippen LogP) is 4.40. The summed E-state index contributed by atoms with van der Waals surface area (Å²) in [6, 6.07) is 21.4. The first-order valence-corrected chi connectivity index (χ1v) is 9.95. The van der Waals surface area contributed by atoms with Gasteiger partial charge in [-0.3, -0.25) is 14.5 Å². The molecule has 5 aromatic rings. The summed E-state index contributed by atoms with van der Waals surface area (Å²) in [5, 5.41) is 5.34. The molecular weight excluding hydrogens is 386 g/mol. The van der Waals surface area contributed by atoms with E-state index in [1.807, 2.05) is 71.7 Å². The number of hydrogen-bond donors (Lipinski definition) is 1. The molecule has 0 aliphatic rings. The molecule has 6 heteroatoms. The van der Waals surface area contributed by atoms with E-state index >= 15 is 0 Å². The molecule has 150 valence electrons. The number of nitrogens with one attached hydrogen (secondary N) is 1. The zero-order valence-corrected chi connectivity index (χ0v) is 16.6. The number of rotatable bonds is 5. The Morgan fingerprint density at radius 2 is 1.77 bits per heavy atom. The molecule has 0 saturated heterocycles. The van der Waals surface area contributed by atoms with Crippen LogP contribution in [0.5, 0.6) is 0 Å². The van der Waals surface area contributed by atoms with Crippen LogP contribution < -0.4 is 5.56 Å². The largest absolute Gasteiger partial charge is 0.306 e. The first kappa shape index (κ1) is 18.7. The fourth-order valence-corrected chi connectivity index (χ4v) is 3.50. The number of aromatic nitrogens is 5. The van der Waals surface area contributed by atoms with E-state index in [0.29, 0.717) is 23.3 Å². The third kappa shape index (κ3) is 4.04. The second-order valence-electron chi connectivity index (χ2n) is 7.15. The molecule has 0 atom stereocenters. The van der Waals surface area contributed by atoms with Gasteiger partial charge in [0, 0.05) is 29.7 Å². The number of para-hydroxylation sites is 1. The SMILES string of the molecule is O=c1[nH]c(C=Cc2nn(Cc3ccccc3)cc2-c2cccnc2)nc2ccccc12. The fourth-order valence-electron chi connectivity index (χ4n) is 3.50. The molecule has 31 heavy (non-hydrogen) atoms. The highest BCUT2D eigenvalue weighted by Gasteiger charge is 2.10. The number of H-pyrrole nitrogens is 1. The van der Waals surface area contributed by atoms with E-state index in [9.17, 15) is 4.79 Å². The van der Waals surface area contributed by atoms with Crippen LogP contribution in [0.15, 0.2) is 90.1 Å². The van der Waals surface area contributed by atoms with Crippen LogP contribution in [-0.4, -0.2) is 24.7 Å². The lowest BCUT2D eigenvalue weighted by Gasteiger charge is -2.00. The first-order valence-electron chi connectivity index (χ1n) is 9.95. The molecule has 3 heterocycles. The van der Waals surface area contributed by atoms with Crippen LogP contribution >= 0.6 is 0 Å². The van der Waals surface area contributed by atoms with Gasteiger partial charge in [0.25, 0.3) is 5.56 Å². The highest BCUT2D eigenvalue weighted by atomic mass is 16.1. The fraction of sp³-hybridized carbons (Fsp3) is 0.0400. The van der Waals surface area contributed by atoms with E-state index < -0.39 is 0 Å². The van der Waals surface area contributed by atoms with Gasteiger partial charge in [0.2, 0.25) is 0 Å². The predicted molar refractivity (Wildman–Crippen MR) is 122 cm³/mol. The molecule has 0 amide bonds. The molecule has 0 unspecified atom stereocenters. The molecule has 0 radical (unpaired) electrons. The maximum absolute atomic E-state index is 12.3. The molecule has 0 spiro atoms. The summed E-state index contributed by atoms with van der Waals surface area (Å²) in [5.41, 5.74) is 4.38. The van der Waals surface area contributed by atoms with E-state index in [4.69, 9.17) is 5.10 Å². The van der Waals surface area contributed by atoms with E-state index in [1.54, 1.807) is 18.3 Å². The van der Waals surface area contributed by atoms with Crippen LogP contribution in [0.3, 0.4) is 0 Å². The van der Waals surface area contributed by atoms with Crippen molar-refractivity contribution in [2.75, 3.05) is 0 Å². The van der Waals surface area contributed by atoms with Gasteiger partial charge in [-0.15, -0.1) is 0 Å². The quantitative estimate of drug-likeness (QED) is 0.470. The summed E-state index contributed by atoms with van der Waals surface area (Å²) < 4.78 is 1.91. The molecular formula is C25H19N5O. The molecule has 5 rings (SSSR count). The van der Waals surface area contributed by atoms with Crippen molar-refractivity contribution in [1.29, 1.82) is 0 Å². The van der Waals surface area contributed by atoms with E-state index in [-0.39, 0.29) is 5.56 Å². The second kappa shape index (κ2) is 8.20. The highest BCUT2D eigenvalue weighted by Crippen LogP contribution is 2.24. The molecule has 1 N–H and O–H groups in total. The smallest absolute Gasteiger partial charge is 0.259 e. The maximum atomic E-state index is 12.3. The number of nitrogens with zero attached hydrogens (tertiary/aromatic N) is 4. The van der Waals surface area contributed by atoms with Gasteiger partial charge in [-0.25, -0.2) is 4.98 Å². The Kier molecular flexibility index (Phi) is 4.94. The van der Waals surface area contributed by atoms with E-state index in [1.165, 1.54) is 5.56 Å². The van der Waals surface area contributed by atoms with Crippen molar-refractivity contribution in [2.24, 2.45) is 0 Å². The van der Waals surface area contributed by atoms with Crippen LogP contribution in [0, 0.1) is 0 Å². The maximum Gasteiger partial charge on any atom is 0.259 e. The Hall–Kier alpha value is -4.32. The monoisotopic (exact) mass is 405 g/mol. The van der Waals surface area contributed by atoms with Crippen molar-refractivity contribution in [2.45, 2.75) is 6.54 Å². The standard InChI is InChI=1S/C25H19N5O/c31-25-20-10-4-5-11-22(20)27-24(28-25)13-12-23-21(19-9-6-14-26-15-19)17-30(29-23)16-18-7-2-1-3-8-18/h1-15,17H,16H2,(H,27,28,31). The molecule has 2 aromatic carbocycles. The third-order valence-electron chi connectivity index (χ3n) is 4.98. The Balaban J connectivity index is 1.53. The molecule has 0 aliphatic heterocycles. The van der Waals surface area contributed by atoms with Crippen molar-refractivity contribution >= 4 is 23.1 Å². The zero-order valence-electron chi connectivity index (χ0n) is 16.6. The van der Waals surface area contributed by atoms with Crippen molar-refractivity contribution in [3.63, 3.8) is 0 Å². The van der Waals surface area contributed by atoms with Crippen LogP contribution in [0.25, 0.3) is 34.2 Å². The van der Waals surface area contributed by atoms with Gasteiger partial charge in [-0.1, -0.05) is 48.5 Å². The van der Waals surface area contributed by atoms with Crippen molar-refractivity contribution in [3.05, 3.63) is 113 Å². The van der Waals surface area contributed by atoms with Crippen LogP contribution in [0.4, 0.5) is 0 Å². The highest BCUT2D eigenvalue weighted by molar-refractivity contribution is 5.80. The summed E-state index contributed by atoms with van der Waals surface area (Å²) in [5.74, 6) is 0.485. The summed E-state index contributed by atoms with van der Waals surface area (Å²) >= 11 is 0. The molecule has 3 aromatic heterocycles. The summed E-state index contributed by atoms with van der Waals surface area (Å²) in [6.45, 7) is 0.660. The van der Waals surface area contributed by atoms with Gasteiger partial charge in [0.15, 0.2) is 0 Å². The lowest BCUT2D eigenvalue weighted by molar-refractivity contribution is 0.685. The topological polar surface area (TPSA) is 76.5 Å². The Bertz CT molecular complexity index is 1420. The minimum absolute atomic E-state index is 0.160. The van der Waals surface area contributed by atoms with Gasteiger partial charge < -0.3 is 4.98 Å². The normalized spacial score (nSPS) is 11.4. The molecule has 0 aliphatic carbocycles. The minimum atomic E-state index is -0.160. The lowest BCUT2D eigenvalue weighted by Crippen LogP contribution is -2.09. The molecule has 0 fully saturated rings. The number of hydrogen-bond acceptors (Lipinski definition) is 4. The van der Waals surface area contributed by atoms with Gasteiger partial charge in [0.1, 0.15) is 5.82 Å². The van der Waals surface area contributed by atoms with Gasteiger partial charge >= 0.3 is 0 Å². The van der Waals surface area contributed by atoms with Crippen LogP contribution in [0.2, 0.25) is 0 Å². The lowest BCUT2D eigenvalue weighted by atomic mass is 10.1. The van der Waals surface area contributed by atoms with Gasteiger partial charge in [-0.2, -0.15) is 5.10 Å². The van der Waals surface area contributed by atoms with Crippen molar-refractivity contribution < 1.29 is 0 Å². The Labute approximate surface area is 178 Å². The number of aromatic amines is 1. The summed E-state index contributed by atoms with van der Waals surface area (Å²) in [4.78, 5) is 24.0. The van der Waals surface area contributed by atoms with Crippen molar-refractivity contribution in [3.8, 4) is 11.1 Å². The third-order valence-corrected chi connectivity index (χ3v) is 4.98. The molecule has 6 nitrogen and oxygen atoms in total. The minimum Gasteiger partial charge on any atom is -0.306 e. The number of pyridine rings is 1.